The Morgan fingerprint density at radius 3 is 2.41 bits per heavy atom. The lowest BCUT2D eigenvalue weighted by atomic mass is 10.2. The summed E-state index contributed by atoms with van der Waals surface area (Å²) < 4.78 is 1.76. The van der Waals surface area contributed by atoms with E-state index >= 15 is 0 Å². The third kappa shape index (κ3) is 4.11. The van der Waals surface area contributed by atoms with Gasteiger partial charge in [-0.1, -0.05) is 42.5 Å². The SMILES string of the molecule is O=C(c1cnn(Cc2ccccc2)c1)N1CCN(c2ccccc2[N+](=O)[O-])CC1. The van der Waals surface area contributed by atoms with Gasteiger partial charge in [0, 0.05) is 38.4 Å². The monoisotopic (exact) mass is 391 g/mol. The smallest absolute Gasteiger partial charge is 0.292 e. The molecule has 2 heterocycles. The molecule has 0 aliphatic carbocycles. The first kappa shape index (κ1) is 18.7. The molecule has 1 amide bonds. The molecule has 2 aromatic carbocycles. The van der Waals surface area contributed by atoms with Crippen molar-refractivity contribution in [3.63, 3.8) is 0 Å². The molecule has 1 aromatic heterocycles. The molecule has 0 atom stereocenters. The van der Waals surface area contributed by atoms with Crippen LogP contribution in [0.5, 0.6) is 0 Å². The molecule has 0 N–H and O–H groups in total. The molecule has 0 spiro atoms. The van der Waals surface area contributed by atoms with E-state index in [-0.39, 0.29) is 16.5 Å². The Labute approximate surface area is 168 Å². The number of piperazine rings is 1. The third-order valence-corrected chi connectivity index (χ3v) is 5.05. The van der Waals surface area contributed by atoms with Gasteiger partial charge < -0.3 is 9.80 Å². The van der Waals surface area contributed by atoms with E-state index in [9.17, 15) is 14.9 Å². The van der Waals surface area contributed by atoms with Gasteiger partial charge in [-0.2, -0.15) is 5.10 Å². The van der Waals surface area contributed by atoms with E-state index in [0.717, 1.165) is 5.56 Å². The zero-order valence-electron chi connectivity index (χ0n) is 15.8. The molecule has 8 nitrogen and oxygen atoms in total. The number of carbonyl (C=O) groups is 1. The molecule has 0 saturated carbocycles. The van der Waals surface area contributed by atoms with Crippen LogP contribution in [-0.2, 0) is 6.54 Å². The number of benzene rings is 2. The summed E-state index contributed by atoms with van der Waals surface area (Å²) in [5, 5.41) is 15.6. The largest absolute Gasteiger partial charge is 0.362 e. The minimum absolute atomic E-state index is 0.0634. The van der Waals surface area contributed by atoms with Gasteiger partial charge in [-0.25, -0.2) is 0 Å². The highest BCUT2D eigenvalue weighted by molar-refractivity contribution is 5.94. The Morgan fingerprint density at radius 2 is 1.69 bits per heavy atom. The standard InChI is InChI=1S/C21H21N5O3/c27-21(18-14-22-25(16-18)15-17-6-2-1-3-7-17)24-12-10-23(11-13-24)19-8-4-5-9-20(19)26(28)29/h1-9,14,16H,10-13,15H2. The quantitative estimate of drug-likeness (QED) is 0.493. The van der Waals surface area contributed by atoms with Crippen LogP contribution in [0.1, 0.15) is 15.9 Å². The first-order chi connectivity index (χ1) is 14.1. The van der Waals surface area contributed by atoms with Crippen LogP contribution in [-0.4, -0.2) is 51.7 Å². The van der Waals surface area contributed by atoms with Gasteiger partial charge >= 0.3 is 0 Å². The second-order valence-corrected chi connectivity index (χ2v) is 6.94. The van der Waals surface area contributed by atoms with Crippen molar-refractivity contribution in [1.82, 2.24) is 14.7 Å². The van der Waals surface area contributed by atoms with Gasteiger partial charge in [-0.3, -0.25) is 19.6 Å². The van der Waals surface area contributed by atoms with Gasteiger partial charge in [0.05, 0.1) is 23.2 Å². The van der Waals surface area contributed by atoms with Crippen LogP contribution >= 0.6 is 0 Å². The van der Waals surface area contributed by atoms with Gasteiger partial charge in [0.1, 0.15) is 5.69 Å². The predicted octanol–water partition coefficient (Wildman–Crippen LogP) is 2.80. The number of para-hydroxylation sites is 2. The number of nitrogens with zero attached hydrogens (tertiary/aromatic N) is 5. The van der Waals surface area contributed by atoms with Crippen molar-refractivity contribution >= 4 is 17.3 Å². The van der Waals surface area contributed by atoms with Crippen LogP contribution < -0.4 is 4.90 Å². The molecule has 1 aliphatic rings. The molecule has 1 aliphatic heterocycles. The molecular weight excluding hydrogens is 370 g/mol. The molecule has 0 unspecified atom stereocenters. The van der Waals surface area contributed by atoms with Gasteiger partial charge in [-0.15, -0.1) is 0 Å². The van der Waals surface area contributed by atoms with Crippen molar-refractivity contribution in [3.8, 4) is 0 Å². The maximum absolute atomic E-state index is 12.8. The van der Waals surface area contributed by atoms with E-state index in [2.05, 4.69) is 5.10 Å². The van der Waals surface area contributed by atoms with Crippen molar-refractivity contribution in [2.45, 2.75) is 6.54 Å². The van der Waals surface area contributed by atoms with E-state index in [1.54, 1.807) is 40.2 Å². The maximum atomic E-state index is 12.8. The lowest BCUT2D eigenvalue weighted by Gasteiger charge is -2.35. The second-order valence-electron chi connectivity index (χ2n) is 6.94. The van der Waals surface area contributed by atoms with Crippen LogP contribution in [0.15, 0.2) is 67.0 Å². The fraction of sp³-hybridized carbons (Fsp3) is 0.238. The fourth-order valence-corrected chi connectivity index (χ4v) is 3.55. The lowest BCUT2D eigenvalue weighted by Crippen LogP contribution is -2.48. The van der Waals surface area contributed by atoms with Crippen LogP contribution in [0.3, 0.4) is 0 Å². The summed E-state index contributed by atoms with van der Waals surface area (Å²) in [6.07, 6.45) is 3.36. The Balaban J connectivity index is 1.39. The molecule has 29 heavy (non-hydrogen) atoms. The molecule has 8 heteroatoms. The summed E-state index contributed by atoms with van der Waals surface area (Å²) in [4.78, 5) is 27.5. The fourth-order valence-electron chi connectivity index (χ4n) is 3.55. The van der Waals surface area contributed by atoms with Gasteiger partial charge in [0.2, 0.25) is 0 Å². The van der Waals surface area contributed by atoms with E-state index in [1.807, 2.05) is 35.2 Å². The number of carbonyl (C=O) groups excluding carboxylic acids is 1. The molecule has 1 fully saturated rings. The normalized spacial score (nSPS) is 14.1. The van der Waals surface area contributed by atoms with Crippen LogP contribution in [0.4, 0.5) is 11.4 Å². The van der Waals surface area contributed by atoms with Gasteiger partial charge in [0.25, 0.3) is 11.6 Å². The highest BCUT2D eigenvalue weighted by Gasteiger charge is 2.26. The molecule has 0 bridgehead atoms. The van der Waals surface area contributed by atoms with E-state index in [1.165, 1.54) is 6.07 Å². The highest BCUT2D eigenvalue weighted by atomic mass is 16.6. The van der Waals surface area contributed by atoms with Crippen LogP contribution in [0, 0.1) is 10.1 Å². The molecule has 4 rings (SSSR count). The number of anilines is 1. The average Bonchev–Trinajstić information content (AvgIpc) is 3.22. The Kier molecular flexibility index (Phi) is 5.24. The number of hydrogen-bond donors (Lipinski definition) is 0. The van der Waals surface area contributed by atoms with Crippen molar-refractivity contribution in [2.24, 2.45) is 0 Å². The minimum Gasteiger partial charge on any atom is -0.362 e. The zero-order chi connectivity index (χ0) is 20.2. The van der Waals surface area contributed by atoms with Crippen molar-refractivity contribution in [3.05, 3.63) is 88.2 Å². The number of nitro groups is 1. The van der Waals surface area contributed by atoms with E-state index in [4.69, 9.17) is 0 Å². The number of rotatable bonds is 5. The van der Waals surface area contributed by atoms with Gasteiger partial charge in [-0.05, 0) is 11.6 Å². The lowest BCUT2D eigenvalue weighted by molar-refractivity contribution is -0.384. The molecule has 3 aromatic rings. The number of aromatic nitrogens is 2. The average molecular weight is 391 g/mol. The first-order valence-electron chi connectivity index (χ1n) is 9.46. The van der Waals surface area contributed by atoms with E-state index < -0.39 is 0 Å². The minimum atomic E-state index is -0.367. The molecule has 0 radical (unpaired) electrons. The predicted molar refractivity (Wildman–Crippen MR) is 109 cm³/mol. The molecule has 1 saturated heterocycles. The van der Waals surface area contributed by atoms with Crippen molar-refractivity contribution in [2.75, 3.05) is 31.1 Å². The van der Waals surface area contributed by atoms with Crippen molar-refractivity contribution < 1.29 is 9.72 Å². The maximum Gasteiger partial charge on any atom is 0.292 e. The zero-order valence-corrected chi connectivity index (χ0v) is 15.8. The summed E-state index contributed by atoms with van der Waals surface area (Å²) >= 11 is 0. The highest BCUT2D eigenvalue weighted by Crippen LogP contribution is 2.28. The van der Waals surface area contributed by atoms with E-state index in [0.29, 0.717) is 44.0 Å². The van der Waals surface area contributed by atoms with Crippen LogP contribution in [0.25, 0.3) is 0 Å². The first-order valence-corrected chi connectivity index (χ1v) is 9.46. The topological polar surface area (TPSA) is 84.5 Å². The summed E-state index contributed by atoms with van der Waals surface area (Å²) in [7, 11) is 0. The number of hydrogen-bond acceptors (Lipinski definition) is 5. The summed E-state index contributed by atoms with van der Waals surface area (Å²) in [6.45, 7) is 2.73. The Bertz CT molecular complexity index is 1010. The summed E-state index contributed by atoms with van der Waals surface area (Å²) in [5.41, 5.74) is 2.36. The molecule has 148 valence electrons. The Morgan fingerprint density at radius 1 is 1.00 bits per heavy atom. The summed E-state index contributed by atoms with van der Waals surface area (Å²) in [6, 6.07) is 16.7. The third-order valence-electron chi connectivity index (χ3n) is 5.05. The summed E-state index contributed by atoms with van der Waals surface area (Å²) in [5.74, 6) is -0.0634. The van der Waals surface area contributed by atoms with Crippen molar-refractivity contribution in [1.29, 1.82) is 0 Å². The number of amides is 1. The van der Waals surface area contributed by atoms with Gasteiger partial charge in [0.15, 0.2) is 0 Å². The Hall–Kier alpha value is -3.68. The van der Waals surface area contributed by atoms with Crippen LogP contribution in [0.2, 0.25) is 0 Å². The molecular formula is C21H21N5O3. The second kappa shape index (κ2) is 8.14. The number of nitro benzene ring substituents is 1.